The van der Waals surface area contributed by atoms with Crippen LogP contribution in [0, 0.1) is 0 Å². The molecule has 0 aliphatic carbocycles. The van der Waals surface area contributed by atoms with Crippen LogP contribution in [0.4, 0.5) is 0 Å². The van der Waals surface area contributed by atoms with Crippen molar-refractivity contribution in [3.8, 4) is 5.75 Å². The first-order chi connectivity index (χ1) is 11.3. The van der Waals surface area contributed by atoms with Crippen molar-refractivity contribution < 1.29 is 9.64 Å². The first-order valence-electron chi connectivity index (χ1n) is 8.16. The molecule has 1 fully saturated rings. The number of nitrogens with zero attached hydrogens (tertiary/aromatic N) is 2. The minimum Gasteiger partial charge on any atom is -0.489 e. The van der Waals surface area contributed by atoms with Gasteiger partial charge in [0, 0.05) is 0 Å². The van der Waals surface area contributed by atoms with Crippen LogP contribution in [0.2, 0.25) is 0 Å². The molecule has 2 aromatic carbocycles. The van der Waals surface area contributed by atoms with E-state index in [1.165, 1.54) is 5.56 Å². The minimum atomic E-state index is 0.595. The average molecular weight is 310 g/mol. The number of hydrazone groups is 1. The van der Waals surface area contributed by atoms with Gasteiger partial charge in [-0.3, -0.25) is 5.01 Å². The third-order valence-corrected chi connectivity index (χ3v) is 4.09. The topological polar surface area (TPSA) is 29.3 Å². The van der Waals surface area contributed by atoms with Crippen LogP contribution in [0.5, 0.6) is 5.75 Å². The number of nitrogens with one attached hydrogen (secondary N) is 1. The quantitative estimate of drug-likeness (QED) is 0.847. The molecule has 1 aliphatic rings. The predicted molar refractivity (Wildman–Crippen MR) is 93.0 cm³/mol. The van der Waals surface area contributed by atoms with Gasteiger partial charge in [0.25, 0.3) is 0 Å². The molecule has 4 heteroatoms. The second-order valence-corrected chi connectivity index (χ2v) is 6.00. The number of ether oxygens (including phenoxy) is 1. The number of rotatable bonds is 5. The highest BCUT2D eigenvalue weighted by Crippen LogP contribution is 2.13. The average Bonchev–Trinajstić information content (AvgIpc) is 2.61. The molecule has 1 heterocycles. The smallest absolute Gasteiger partial charge is 0.119 e. The molecule has 120 valence electrons. The van der Waals surface area contributed by atoms with E-state index in [1.54, 1.807) is 4.90 Å². The number of quaternary nitrogens is 1. The Morgan fingerprint density at radius 1 is 1.04 bits per heavy atom. The zero-order valence-electron chi connectivity index (χ0n) is 13.6. The highest BCUT2D eigenvalue weighted by Gasteiger charge is 2.13. The lowest BCUT2D eigenvalue weighted by Crippen LogP contribution is -3.11. The van der Waals surface area contributed by atoms with Crippen LogP contribution in [0.3, 0.4) is 0 Å². The van der Waals surface area contributed by atoms with E-state index in [2.05, 4.69) is 29.3 Å². The Kier molecular flexibility index (Phi) is 5.27. The monoisotopic (exact) mass is 310 g/mol. The van der Waals surface area contributed by atoms with Crippen molar-refractivity contribution >= 4 is 6.21 Å². The van der Waals surface area contributed by atoms with E-state index in [0.717, 1.165) is 37.5 Å². The maximum atomic E-state index is 5.80. The number of likely N-dealkylation sites (N-methyl/N-ethyl adjacent to an activating group) is 1. The summed E-state index contributed by atoms with van der Waals surface area (Å²) in [6.45, 7) is 4.96. The number of benzene rings is 2. The summed E-state index contributed by atoms with van der Waals surface area (Å²) in [7, 11) is 2.23. The van der Waals surface area contributed by atoms with Crippen LogP contribution in [-0.2, 0) is 6.61 Å². The van der Waals surface area contributed by atoms with Crippen molar-refractivity contribution in [2.45, 2.75) is 6.61 Å². The summed E-state index contributed by atoms with van der Waals surface area (Å²) < 4.78 is 5.80. The van der Waals surface area contributed by atoms with E-state index in [9.17, 15) is 0 Å². The van der Waals surface area contributed by atoms with Gasteiger partial charge in [-0.2, -0.15) is 5.10 Å². The van der Waals surface area contributed by atoms with E-state index in [4.69, 9.17) is 4.74 Å². The maximum absolute atomic E-state index is 5.80. The molecule has 0 unspecified atom stereocenters. The molecular formula is C19H24N3O+. The number of hydrogen-bond donors (Lipinski definition) is 1. The fourth-order valence-corrected chi connectivity index (χ4v) is 2.53. The van der Waals surface area contributed by atoms with Crippen molar-refractivity contribution in [3.63, 3.8) is 0 Å². The third kappa shape index (κ3) is 4.83. The van der Waals surface area contributed by atoms with E-state index >= 15 is 0 Å². The van der Waals surface area contributed by atoms with Crippen LogP contribution < -0.4 is 9.64 Å². The lowest BCUT2D eigenvalue weighted by molar-refractivity contribution is -0.884. The summed E-state index contributed by atoms with van der Waals surface area (Å²) >= 11 is 0. The normalized spacial score (nSPS) is 16.0. The summed E-state index contributed by atoms with van der Waals surface area (Å²) in [5.41, 5.74) is 2.28. The summed E-state index contributed by atoms with van der Waals surface area (Å²) in [4.78, 5) is 1.58. The van der Waals surface area contributed by atoms with Gasteiger partial charge in [-0.05, 0) is 35.4 Å². The Morgan fingerprint density at radius 3 is 2.43 bits per heavy atom. The van der Waals surface area contributed by atoms with Gasteiger partial charge in [0.15, 0.2) is 0 Å². The van der Waals surface area contributed by atoms with Gasteiger partial charge in [0.05, 0.1) is 39.4 Å². The van der Waals surface area contributed by atoms with Gasteiger partial charge in [0.1, 0.15) is 12.4 Å². The van der Waals surface area contributed by atoms with Crippen molar-refractivity contribution in [2.75, 3.05) is 33.2 Å². The summed E-state index contributed by atoms with van der Waals surface area (Å²) in [5.74, 6) is 0.884. The first-order valence-corrected chi connectivity index (χ1v) is 8.16. The van der Waals surface area contributed by atoms with Crippen molar-refractivity contribution in [2.24, 2.45) is 5.10 Å². The van der Waals surface area contributed by atoms with Crippen LogP contribution in [-0.4, -0.2) is 44.5 Å². The fourth-order valence-electron chi connectivity index (χ4n) is 2.53. The van der Waals surface area contributed by atoms with Gasteiger partial charge in [-0.25, -0.2) is 0 Å². The highest BCUT2D eigenvalue weighted by atomic mass is 16.5. The van der Waals surface area contributed by atoms with E-state index < -0.39 is 0 Å². The molecule has 0 bridgehead atoms. The zero-order valence-corrected chi connectivity index (χ0v) is 13.6. The summed E-state index contributed by atoms with van der Waals surface area (Å²) in [6.07, 6.45) is 1.93. The van der Waals surface area contributed by atoms with E-state index in [-0.39, 0.29) is 0 Å². The zero-order chi connectivity index (χ0) is 15.9. The molecule has 1 N–H and O–H groups in total. The SMILES string of the molecule is C[NH+]1CCN(/N=C\c2ccc(OCc3ccccc3)cc2)CC1. The molecule has 4 nitrogen and oxygen atoms in total. The van der Waals surface area contributed by atoms with Crippen molar-refractivity contribution in [1.82, 2.24) is 5.01 Å². The molecule has 0 spiro atoms. The third-order valence-electron chi connectivity index (χ3n) is 4.09. The van der Waals surface area contributed by atoms with Crippen LogP contribution in [0.25, 0.3) is 0 Å². The van der Waals surface area contributed by atoms with Gasteiger partial charge in [-0.15, -0.1) is 0 Å². The Hall–Kier alpha value is -2.33. The number of hydrogen-bond acceptors (Lipinski definition) is 3. The standard InChI is InChI=1S/C19H23N3O/c1-21-11-13-22(14-12-21)20-15-17-7-9-19(10-8-17)23-16-18-5-3-2-4-6-18/h2-10,15H,11-14,16H2,1H3/p+1/b20-15-. The van der Waals surface area contributed by atoms with Gasteiger partial charge < -0.3 is 9.64 Å². The first kappa shape index (κ1) is 15.6. The van der Waals surface area contributed by atoms with Crippen molar-refractivity contribution in [1.29, 1.82) is 0 Å². The molecule has 2 aromatic rings. The molecule has 23 heavy (non-hydrogen) atoms. The molecule has 0 saturated carbocycles. The highest BCUT2D eigenvalue weighted by molar-refractivity contribution is 5.79. The second-order valence-electron chi connectivity index (χ2n) is 6.00. The molecule has 0 aromatic heterocycles. The second kappa shape index (κ2) is 7.79. The van der Waals surface area contributed by atoms with Crippen LogP contribution >= 0.6 is 0 Å². The minimum absolute atomic E-state index is 0.595. The predicted octanol–water partition coefficient (Wildman–Crippen LogP) is 1.43. The lowest BCUT2D eigenvalue weighted by Gasteiger charge is -2.27. The van der Waals surface area contributed by atoms with E-state index in [1.807, 2.05) is 48.7 Å². The molecule has 0 atom stereocenters. The maximum Gasteiger partial charge on any atom is 0.119 e. The number of piperazine rings is 1. The molecule has 0 radical (unpaired) electrons. The Morgan fingerprint density at radius 2 is 1.74 bits per heavy atom. The Labute approximate surface area is 138 Å². The molecule has 0 amide bonds. The fraction of sp³-hybridized carbons (Fsp3) is 0.316. The largest absolute Gasteiger partial charge is 0.489 e. The van der Waals surface area contributed by atoms with Gasteiger partial charge >= 0.3 is 0 Å². The summed E-state index contributed by atoms with van der Waals surface area (Å²) in [6, 6.07) is 18.3. The molecular weight excluding hydrogens is 286 g/mol. The van der Waals surface area contributed by atoms with Crippen molar-refractivity contribution in [3.05, 3.63) is 65.7 Å². The van der Waals surface area contributed by atoms with Gasteiger partial charge in [0.2, 0.25) is 0 Å². The van der Waals surface area contributed by atoms with Gasteiger partial charge in [-0.1, -0.05) is 30.3 Å². The lowest BCUT2D eigenvalue weighted by atomic mass is 10.2. The van der Waals surface area contributed by atoms with Crippen LogP contribution in [0.15, 0.2) is 59.7 Å². The summed E-state index contributed by atoms with van der Waals surface area (Å²) in [5, 5.41) is 6.71. The molecule has 1 saturated heterocycles. The Bertz CT molecular complexity index is 617. The Balaban J connectivity index is 1.50. The van der Waals surface area contributed by atoms with Crippen LogP contribution in [0.1, 0.15) is 11.1 Å². The molecule has 3 rings (SSSR count). The molecule has 1 aliphatic heterocycles. The van der Waals surface area contributed by atoms with E-state index in [0.29, 0.717) is 6.61 Å².